The van der Waals surface area contributed by atoms with Crippen LogP contribution in [0.2, 0.25) is 0 Å². The molecule has 0 aromatic heterocycles. The van der Waals surface area contributed by atoms with Crippen LogP contribution < -0.4 is 14.8 Å². The molecule has 0 aliphatic heterocycles. The van der Waals surface area contributed by atoms with Crippen molar-refractivity contribution in [3.8, 4) is 11.5 Å². The molecule has 4 nitrogen and oxygen atoms in total. The molecule has 0 aliphatic carbocycles. The molecule has 3 aromatic rings. The van der Waals surface area contributed by atoms with Gasteiger partial charge in [-0.1, -0.05) is 48.5 Å². The van der Waals surface area contributed by atoms with E-state index < -0.39 is 0 Å². The topological polar surface area (TPSA) is 47.6 Å². The van der Waals surface area contributed by atoms with Crippen molar-refractivity contribution in [1.29, 1.82) is 0 Å². The lowest BCUT2D eigenvalue weighted by Crippen LogP contribution is -2.20. The van der Waals surface area contributed by atoms with E-state index in [4.69, 9.17) is 9.47 Å². The number of anilines is 1. The Morgan fingerprint density at radius 3 is 2.37 bits per heavy atom. The second-order valence-electron chi connectivity index (χ2n) is 6.35. The predicted molar refractivity (Wildman–Crippen MR) is 107 cm³/mol. The third-order valence-electron chi connectivity index (χ3n) is 4.25. The molecule has 0 saturated carbocycles. The van der Waals surface area contributed by atoms with Gasteiger partial charge in [-0.15, -0.1) is 0 Å². The molecular weight excluding hydrogens is 338 g/mol. The van der Waals surface area contributed by atoms with Crippen LogP contribution >= 0.6 is 0 Å². The maximum atomic E-state index is 12.3. The summed E-state index contributed by atoms with van der Waals surface area (Å²) in [5.74, 6) is 1.08. The van der Waals surface area contributed by atoms with Gasteiger partial charge in [-0.05, 0) is 54.8 Å². The number of benzene rings is 3. The van der Waals surface area contributed by atoms with Crippen molar-refractivity contribution in [3.05, 3.63) is 89.5 Å². The van der Waals surface area contributed by atoms with E-state index in [1.165, 1.54) is 5.56 Å². The fourth-order valence-corrected chi connectivity index (χ4v) is 2.57. The van der Waals surface area contributed by atoms with E-state index >= 15 is 0 Å². The fraction of sp³-hybridized carbons (Fsp3) is 0.174. The van der Waals surface area contributed by atoms with Gasteiger partial charge in [-0.2, -0.15) is 0 Å². The van der Waals surface area contributed by atoms with Crippen LogP contribution in [0.15, 0.2) is 72.8 Å². The summed E-state index contributed by atoms with van der Waals surface area (Å²) in [6.07, 6.45) is 0. The van der Waals surface area contributed by atoms with Gasteiger partial charge in [-0.25, -0.2) is 0 Å². The summed E-state index contributed by atoms with van der Waals surface area (Å²) >= 11 is 0. The van der Waals surface area contributed by atoms with Crippen LogP contribution in [0, 0.1) is 13.8 Å². The minimum Gasteiger partial charge on any atom is -0.487 e. The summed E-state index contributed by atoms with van der Waals surface area (Å²) in [5, 5.41) is 2.85. The molecule has 0 spiro atoms. The molecule has 0 saturated heterocycles. The zero-order chi connectivity index (χ0) is 19.1. The summed E-state index contributed by atoms with van der Waals surface area (Å²) in [5.41, 5.74) is 4.02. The molecule has 1 amide bonds. The highest BCUT2D eigenvalue weighted by Gasteiger charge is 2.09. The van der Waals surface area contributed by atoms with Gasteiger partial charge in [0.15, 0.2) is 6.61 Å². The van der Waals surface area contributed by atoms with Crippen molar-refractivity contribution in [2.24, 2.45) is 0 Å². The van der Waals surface area contributed by atoms with E-state index in [9.17, 15) is 4.79 Å². The largest absolute Gasteiger partial charge is 0.487 e. The van der Waals surface area contributed by atoms with E-state index in [1.54, 1.807) is 0 Å². The summed E-state index contributed by atoms with van der Waals surface area (Å²) < 4.78 is 11.5. The van der Waals surface area contributed by atoms with Crippen molar-refractivity contribution in [2.45, 2.75) is 20.5 Å². The molecule has 0 bridgehead atoms. The van der Waals surface area contributed by atoms with E-state index in [0.717, 1.165) is 11.1 Å². The SMILES string of the molecule is Cc1ccc(OCC(=O)Nc2ccccc2OCc2ccccc2)cc1C. The van der Waals surface area contributed by atoms with Crippen molar-refractivity contribution in [1.82, 2.24) is 0 Å². The first-order chi connectivity index (χ1) is 13.1. The molecule has 0 radical (unpaired) electrons. The summed E-state index contributed by atoms with van der Waals surface area (Å²) in [6, 6.07) is 23.1. The second kappa shape index (κ2) is 8.90. The van der Waals surface area contributed by atoms with Crippen LogP contribution in [-0.2, 0) is 11.4 Å². The Hall–Kier alpha value is -3.27. The Labute approximate surface area is 159 Å². The van der Waals surface area contributed by atoms with Gasteiger partial charge in [-0.3, -0.25) is 4.79 Å². The summed E-state index contributed by atoms with van der Waals surface area (Å²) in [7, 11) is 0. The number of carbonyl (C=O) groups excluding carboxylic acids is 1. The van der Waals surface area contributed by atoms with Gasteiger partial charge >= 0.3 is 0 Å². The zero-order valence-corrected chi connectivity index (χ0v) is 15.6. The monoisotopic (exact) mass is 361 g/mol. The number of amides is 1. The molecule has 0 heterocycles. The molecule has 0 aliphatic rings. The predicted octanol–water partition coefficient (Wildman–Crippen LogP) is 4.90. The lowest BCUT2D eigenvalue weighted by molar-refractivity contribution is -0.118. The smallest absolute Gasteiger partial charge is 0.262 e. The lowest BCUT2D eigenvalue weighted by Gasteiger charge is -2.13. The third kappa shape index (κ3) is 5.35. The molecule has 1 N–H and O–H groups in total. The number of para-hydroxylation sites is 2. The third-order valence-corrected chi connectivity index (χ3v) is 4.25. The second-order valence-corrected chi connectivity index (χ2v) is 6.35. The first-order valence-electron chi connectivity index (χ1n) is 8.87. The van der Waals surface area contributed by atoms with Gasteiger partial charge in [0.2, 0.25) is 0 Å². The summed E-state index contributed by atoms with van der Waals surface area (Å²) in [4.78, 5) is 12.3. The van der Waals surface area contributed by atoms with E-state index in [2.05, 4.69) is 5.32 Å². The first kappa shape index (κ1) is 18.5. The first-order valence-corrected chi connectivity index (χ1v) is 8.87. The Kier molecular flexibility index (Phi) is 6.10. The zero-order valence-electron chi connectivity index (χ0n) is 15.6. The highest BCUT2D eigenvalue weighted by molar-refractivity contribution is 5.93. The van der Waals surface area contributed by atoms with Crippen molar-refractivity contribution in [2.75, 3.05) is 11.9 Å². The number of nitrogens with one attached hydrogen (secondary N) is 1. The van der Waals surface area contributed by atoms with Gasteiger partial charge in [0, 0.05) is 0 Å². The molecule has 4 heteroatoms. The maximum absolute atomic E-state index is 12.3. The number of hydrogen-bond acceptors (Lipinski definition) is 3. The molecular formula is C23H23NO3. The van der Waals surface area contributed by atoms with Crippen LogP contribution in [0.25, 0.3) is 0 Å². The van der Waals surface area contributed by atoms with Crippen LogP contribution in [0.3, 0.4) is 0 Å². The Morgan fingerprint density at radius 2 is 1.59 bits per heavy atom. The Balaban J connectivity index is 1.58. The summed E-state index contributed by atoms with van der Waals surface area (Å²) in [6.45, 7) is 4.43. The highest BCUT2D eigenvalue weighted by Crippen LogP contribution is 2.25. The highest BCUT2D eigenvalue weighted by atomic mass is 16.5. The van der Waals surface area contributed by atoms with Crippen molar-refractivity contribution in [3.63, 3.8) is 0 Å². The molecule has 0 fully saturated rings. The quantitative estimate of drug-likeness (QED) is 0.651. The van der Waals surface area contributed by atoms with Gasteiger partial charge in [0.1, 0.15) is 18.1 Å². The van der Waals surface area contributed by atoms with Gasteiger partial charge in [0.05, 0.1) is 5.69 Å². The number of rotatable bonds is 7. The van der Waals surface area contributed by atoms with Gasteiger partial charge < -0.3 is 14.8 Å². The average molecular weight is 361 g/mol. The van der Waals surface area contributed by atoms with E-state index in [1.807, 2.05) is 86.6 Å². The van der Waals surface area contributed by atoms with Crippen LogP contribution in [0.1, 0.15) is 16.7 Å². The standard InChI is InChI=1S/C23H23NO3/c1-17-12-13-20(14-18(17)2)26-16-23(25)24-21-10-6-7-11-22(21)27-15-19-8-4-3-5-9-19/h3-14H,15-16H2,1-2H3,(H,24,25). The van der Waals surface area contributed by atoms with Crippen LogP contribution in [0.4, 0.5) is 5.69 Å². The molecule has 138 valence electrons. The Morgan fingerprint density at radius 1 is 0.852 bits per heavy atom. The van der Waals surface area contributed by atoms with Crippen molar-refractivity contribution < 1.29 is 14.3 Å². The number of aryl methyl sites for hydroxylation is 2. The Bertz CT molecular complexity index is 907. The molecule has 0 unspecified atom stereocenters. The van der Waals surface area contributed by atoms with E-state index in [-0.39, 0.29) is 12.5 Å². The normalized spacial score (nSPS) is 10.3. The van der Waals surface area contributed by atoms with Crippen molar-refractivity contribution >= 4 is 11.6 Å². The lowest BCUT2D eigenvalue weighted by atomic mass is 10.1. The molecule has 3 aromatic carbocycles. The minimum absolute atomic E-state index is 0.0600. The minimum atomic E-state index is -0.232. The maximum Gasteiger partial charge on any atom is 0.262 e. The molecule has 3 rings (SSSR count). The number of hydrogen-bond donors (Lipinski definition) is 1. The van der Waals surface area contributed by atoms with Gasteiger partial charge in [0.25, 0.3) is 5.91 Å². The van der Waals surface area contributed by atoms with Crippen LogP contribution in [-0.4, -0.2) is 12.5 Å². The average Bonchev–Trinajstić information content (AvgIpc) is 2.69. The molecule has 0 atom stereocenters. The number of carbonyl (C=O) groups is 1. The number of ether oxygens (including phenoxy) is 2. The van der Waals surface area contributed by atoms with Crippen LogP contribution in [0.5, 0.6) is 11.5 Å². The van der Waals surface area contributed by atoms with E-state index in [0.29, 0.717) is 23.8 Å². The fourth-order valence-electron chi connectivity index (χ4n) is 2.57. The molecule has 27 heavy (non-hydrogen) atoms.